The van der Waals surface area contributed by atoms with Gasteiger partial charge in [0.25, 0.3) is 5.91 Å². The van der Waals surface area contributed by atoms with Gasteiger partial charge in [0.1, 0.15) is 5.82 Å². The van der Waals surface area contributed by atoms with Gasteiger partial charge in [-0.3, -0.25) is 4.79 Å². The van der Waals surface area contributed by atoms with E-state index in [9.17, 15) is 4.79 Å². The van der Waals surface area contributed by atoms with Crippen LogP contribution >= 0.6 is 23.5 Å². The third-order valence-corrected chi connectivity index (χ3v) is 6.11. The number of amides is 1. The second-order valence-electron chi connectivity index (χ2n) is 6.87. The lowest BCUT2D eigenvalue weighted by Gasteiger charge is -2.12. The number of carbonyl (C=O) groups is 1. The number of nitrogens with zero attached hydrogens (tertiary/aromatic N) is 2. The van der Waals surface area contributed by atoms with Crippen LogP contribution < -0.4 is 16.8 Å². The van der Waals surface area contributed by atoms with Gasteiger partial charge < -0.3 is 21.4 Å². The molecule has 29 heavy (non-hydrogen) atoms. The molecule has 0 fully saturated rings. The monoisotopic (exact) mass is 431 g/mol. The van der Waals surface area contributed by atoms with Crippen molar-refractivity contribution in [1.29, 1.82) is 0 Å². The number of benzene rings is 1. The van der Waals surface area contributed by atoms with Crippen LogP contribution in [-0.4, -0.2) is 28.0 Å². The lowest BCUT2D eigenvalue weighted by Crippen LogP contribution is -2.24. The van der Waals surface area contributed by atoms with Gasteiger partial charge in [0.2, 0.25) is 0 Å². The number of aromatic nitrogens is 2. The fourth-order valence-electron chi connectivity index (χ4n) is 2.60. The highest BCUT2D eigenvalue weighted by Gasteiger charge is 2.19. The summed E-state index contributed by atoms with van der Waals surface area (Å²) >= 11 is 2.91. The van der Waals surface area contributed by atoms with Crippen LogP contribution in [0.1, 0.15) is 43.2 Å². The number of rotatable bonds is 11. The molecule has 2 aromatic rings. The van der Waals surface area contributed by atoms with E-state index in [1.54, 1.807) is 0 Å². The summed E-state index contributed by atoms with van der Waals surface area (Å²) in [6.07, 6.45) is 0.858. The number of nitrogen functional groups attached to an aromatic ring is 1. The minimum atomic E-state index is -0.624. The summed E-state index contributed by atoms with van der Waals surface area (Å²) in [6.45, 7) is 11.9. The van der Waals surface area contributed by atoms with Crippen molar-refractivity contribution in [1.82, 2.24) is 14.9 Å². The van der Waals surface area contributed by atoms with Crippen molar-refractivity contribution in [2.24, 2.45) is 5.73 Å². The summed E-state index contributed by atoms with van der Waals surface area (Å²) in [5.41, 5.74) is 14.0. The van der Waals surface area contributed by atoms with Gasteiger partial charge in [0, 0.05) is 16.8 Å². The minimum Gasteiger partial charge on any atom is -0.383 e. The molecule has 0 spiro atoms. The van der Waals surface area contributed by atoms with Gasteiger partial charge in [-0.25, -0.2) is 4.98 Å². The molecule has 1 aromatic heterocycles. The van der Waals surface area contributed by atoms with Crippen LogP contribution in [0, 0.1) is 0 Å². The normalized spacial score (nSPS) is 11.8. The van der Waals surface area contributed by atoms with E-state index in [2.05, 4.69) is 55.2 Å². The standard InChI is InChI=1S/C21H29N5OS2/c1-14(2)24-11-8-12-26-19(22)18(20(23)27)25-21(26)29-16(4)28-13-15(3)17-9-6-5-7-10-17/h5-7,9-10,13-14,24H,4,8,11-12,22H2,1-3H3,(H2,23,27)/b15-13+. The van der Waals surface area contributed by atoms with Crippen LogP contribution in [0.5, 0.6) is 0 Å². The van der Waals surface area contributed by atoms with Crippen LogP contribution in [0.2, 0.25) is 0 Å². The maximum Gasteiger partial charge on any atom is 0.271 e. The molecule has 0 bridgehead atoms. The number of primary amides is 1. The minimum absolute atomic E-state index is 0.109. The van der Waals surface area contributed by atoms with Crippen molar-refractivity contribution in [3.63, 3.8) is 0 Å². The Hall–Kier alpha value is -2.16. The van der Waals surface area contributed by atoms with Crippen molar-refractivity contribution < 1.29 is 4.79 Å². The van der Waals surface area contributed by atoms with E-state index >= 15 is 0 Å². The summed E-state index contributed by atoms with van der Waals surface area (Å²) in [4.78, 5) is 16.0. The first kappa shape index (κ1) is 23.1. The zero-order valence-electron chi connectivity index (χ0n) is 17.1. The van der Waals surface area contributed by atoms with Gasteiger partial charge in [-0.05, 0) is 48.2 Å². The second kappa shape index (κ2) is 11.1. The fraction of sp³-hybridized carbons (Fsp3) is 0.333. The molecule has 0 aliphatic carbocycles. The first-order valence-electron chi connectivity index (χ1n) is 9.44. The molecule has 0 saturated heterocycles. The number of nitrogens with two attached hydrogens (primary N) is 2. The van der Waals surface area contributed by atoms with Gasteiger partial charge in [-0.15, -0.1) is 0 Å². The van der Waals surface area contributed by atoms with E-state index in [0.29, 0.717) is 23.6 Å². The smallest absolute Gasteiger partial charge is 0.271 e. The maximum absolute atomic E-state index is 11.7. The number of imidazole rings is 1. The highest BCUT2D eigenvalue weighted by atomic mass is 32.2. The molecule has 0 radical (unpaired) electrons. The number of hydrogen-bond acceptors (Lipinski definition) is 6. The highest BCUT2D eigenvalue weighted by Crippen LogP contribution is 2.36. The van der Waals surface area contributed by atoms with Gasteiger partial charge in [-0.1, -0.05) is 62.5 Å². The molecule has 0 aliphatic heterocycles. The highest BCUT2D eigenvalue weighted by molar-refractivity contribution is 8.23. The van der Waals surface area contributed by atoms with E-state index in [0.717, 1.165) is 28.3 Å². The van der Waals surface area contributed by atoms with E-state index < -0.39 is 5.91 Å². The van der Waals surface area contributed by atoms with Crippen LogP contribution in [0.4, 0.5) is 5.82 Å². The largest absolute Gasteiger partial charge is 0.383 e. The number of carbonyl (C=O) groups excluding carboxylic acids is 1. The molecule has 6 nitrogen and oxygen atoms in total. The van der Waals surface area contributed by atoms with E-state index in [1.165, 1.54) is 23.5 Å². The van der Waals surface area contributed by atoms with Crippen LogP contribution in [0.25, 0.3) is 5.57 Å². The second-order valence-corrected chi connectivity index (χ2v) is 9.15. The molecule has 1 aromatic carbocycles. The summed E-state index contributed by atoms with van der Waals surface area (Å²) < 4.78 is 2.68. The lowest BCUT2D eigenvalue weighted by molar-refractivity contribution is 0.0996. The summed E-state index contributed by atoms with van der Waals surface area (Å²) in [5, 5.41) is 6.06. The average Bonchev–Trinajstić information content (AvgIpc) is 2.99. The fourth-order valence-corrected chi connectivity index (χ4v) is 4.24. The molecule has 0 aliphatic rings. The van der Waals surface area contributed by atoms with Crippen molar-refractivity contribution in [3.05, 3.63) is 57.8 Å². The number of anilines is 1. The average molecular weight is 432 g/mol. The first-order chi connectivity index (χ1) is 13.8. The van der Waals surface area contributed by atoms with Crippen molar-refractivity contribution in [3.8, 4) is 0 Å². The molecule has 1 amide bonds. The first-order valence-corrected chi connectivity index (χ1v) is 11.1. The number of allylic oxidation sites excluding steroid dienone is 1. The van der Waals surface area contributed by atoms with Gasteiger partial charge in [0.15, 0.2) is 10.9 Å². The molecular weight excluding hydrogens is 402 g/mol. The molecule has 156 valence electrons. The summed E-state index contributed by atoms with van der Waals surface area (Å²) in [7, 11) is 0. The Morgan fingerprint density at radius 1 is 1.34 bits per heavy atom. The molecule has 0 atom stereocenters. The number of thioether (sulfide) groups is 2. The number of hydrogen-bond donors (Lipinski definition) is 3. The zero-order valence-corrected chi connectivity index (χ0v) is 18.8. The van der Waals surface area contributed by atoms with Crippen molar-refractivity contribution in [2.75, 3.05) is 12.3 Å². The molecule has 0 unspecified atom stereocenters. The number of nitrogens with one attached hydrogen (secondary N) is 1. The summed E-state index contributed by atoms with van der Waals surface area (Å²) in [6, 6.07) is 10.6. The Morgan fingerprint density at radius 3 is 2.66 bits per heavy atom. The Balaban J connectivity index is 2.08. The Kier molecular flexibility index (Phi) is 8.88. The van der Waals surface area contributed by atoms with Crippen LogP contribution in [-0.2, 0) is 6.54 Å². The third kappa shape index (κ3) is 6.99. The summed E-state index contributed by atoms with van der Waals surface area (Å²) in [5.74, 6) is -0.320. The Bertz CT molecular complexity index is 875. The molecule has 1 heterocycles. The molecule has 5 N–H and O–H groups in total. The topological polar surface area (TPSA) is 99.0 Å². The molecule has 0 saturated carbocycles. The van der Waals surface area contributed by atoms with Crippen LogP contribution in [0.3, 0.4) is 0 Å². The predicted molar refractivity (Wildman–Crippen MR) is 126 cm³/mol. The quantitative estimate of drug-likeness (QED) is 0.362. The van der Waals surface area contributed by atoms with E-state index in [-0.39, 0.29) is 5.69 Å². The lowest BCUT2D eigenvalue weighted by atomic mass is 10.1. The van der Waals surface area contributed by atoms with Crippen LogP contribution in [0.15, 0.2) is 51.7 Å². The van der Waals surface area contributed by atoms with Gasteiger partial charge in [0.05, 0.1) is 0 Å². The van der Waals surface area contributed by atoms with Crippen molar-refractivity contribution >= 4 is 40.8 Å². The van der Waals surface area contributed by atoms with E-state index in [1.807, 2.05) is 22.8 Å². The van der Waals surface area contributed by atoms with Gasteiger partial charge >= 0.3 is 0 Å². The SMILES string of the molecule is C=C(S/C=C(\C)c1ccccc1)Sc1nc(C(N)=O)c(N)n1CCCNC(C)C. The third-order valence-electron chi connectivity index (χ3n) is 4.12. The molecule has 8 heteroatoms. The Labute approximate surface area is 181 Å². The maximum atomic E-state index is 11.7. The van der Waals surface area contributed by atoms with E-state index in [4.69, 9.17) is 11.5 Å². The van der Waals surface area contributed by atoms with Crippen molar-refractivity contribution in [2.45, 2.75) is 44.9 Å². The Morgan fingerprint density at radius 2 is 2.03 bits per heavy atom. The predicted octanol–water partition coefficient (Wildman–Crippen LogP) is 4.31. The zero-order chi connectivity index (χ0) is 21.4. The molecular formula is C21H29N5OS2. The molecule has 2 rings (SSSR count). The van der Waals surface area contributed by atoms with Gasteiger partial charge in [-0.2, -0.15) is 0 Å².